The number of aromatic amines is 1. The van der Waals surface area contributed by atoms with E-state index in [2.05, 4.69) is 4.98 Å². The summed E-state index contributed by atoms with van der Waals surface area (Å²) in [5.41, 5.74) is 3.21. The number of H-pyrrole nitrogens is 1. The molecule has 0 unspecified atom stereocenters. The average molecular weight is 262 g/mol. The van der Waals surface area contributed by atoms with E-state index in [0.717, 1.165) is 16.8 Å². The number of aryl methyl sites for hydroxylation is 1. The summed E-state index contributed by atoms with van der Waals surface area (Å²) in [6.45, 7) is 2.01. The van der Waals surface area contributed by atoms with Crippen LogP contribution in [0.5, 0.6) is 0 Å². The van der Waals surface area contributed by atoms with Gasteiger partial charge in [0.1, 0.15) is 0 Å². The fourth-order valence-corrected chi connectivity index (χ4v) is 2.01. The van der Waals surface area contributed by atoms with Crippen LogP contribution in [0.25, 0.3) is 11.3 Å². The van der Waals surface area contributed by atoms with Crippen molar-refractivity contribution in [3.63, 3.8) is 0 Å². The Hall–Kier alpha value is -1.88. The summed E-state index contributed by atoms with van der Waals surface area (Å²) >= 11 is 5.15. The van der Waals surface area contributed by atoms with Crippen LogP contribution in [0.4, 0.5) is 0 Å². The fourth-order valence-electron chi connectivity index (χ4n) is 1.82. The monoisotopic (exact) mass is 262 g/mol. The first-order chi connectivity index (χ1) is 8.54. The summed E-state index contributed by atoms with van der Waals surface area (Å²) in [5, 5.41) is 0. The van der Waals surface area contributed by atoms with E-state index in [-0.39, 0.29) is 0 Å². The molecule has 0 saturated heterocycles. The number of carbonyl (C=O) groups is 1. The number of nitrogens with one attached hydrogen (secondary N) is 1. The van der Waals surface area contributed by atoms with Crippen molar-refractivity contribution < 1.29 is 9.53 Å². The number of nitrogens with zero attached hydrogens (tertiary/aromatic N) is 1. The van der Waals surface area contributed by atoms with Gasteiger partial charge in [-0.2, -0.15) is 0 Å². The molecule has 1 aromatic heterocycles. The third kappa shape index (κ3) is 2.09. The minimum absolute atomic E-state index is 0.383. The highest BCUT2D eigenvalue weighted by atomic mass is 32.1. The molecule has 4 nitrogen and oxygen atoms in total. The molecule has 0 aliphatic rings. The highest BCUT2D eigenvalue weighted by molar-refractivity contribution is 7.71. The maximum Gasteiger partial charge on any atom is 0.356 e. The van der Waals surface area contributed by atoms with Crippen molar-refractivity contribution in [2.24, 2.45) is 7.05 Å². The standard InChI is InChI=1S/C13H14N2O2S/c1-8-4-6-9(7-5-8)11-10(12(16)17-3)14-13(18)15(11)2/h4-7H,1-3H3,(H,14,18). The number of imidazole rings is 1. The summed E-state index contributed by atoms with van der Waals surface area (Å²) < 4.78 is 7.02. The smallest absolute Gasteiger partial charge is 0.356 e. The Bertz CT molecular complexity index is 638. The Morgan fingerprint density at radius 2 is 1.94 bits per heavy atom. The maximum absolute atomic E-state index is 11.7. The third-order valence-corrected chi connectivity index (χ3v) is 3.20. The van der Waals surface area contributed by atoms with Crippen LogP contribution in [-0.2, 0) is 11.8 Å². The van der Waals surface area contributed by atoms with E-state index in [0.29, 0.717) is 10.5 Å². The van der Waals surface area contributed by atoms with Crippen LogP contribution >= 0.6 is 12.2 Å². The molecule has 0 fully saturated rings. The Labute approximate surface area is 110 Å². The largest absolute Gasteiger partial charge is 0.464 e. The van der Waals surface area contributed by atoms with Gasteiger partial charge in [0, 0.05) is 12.6 Å². The van der Waals surface area contributed by atoms with Crippen molar-refractivity contribution in [3.05, 3.63) is 40.3 Å². The molecule has 0 aliphatic carbocycles. The van der Waals surface area contributed by atoms with Crippen molar-refractivity contribution >= 4 is 18.2 Å². The second-order valence-electron chi connectivity index (χ2n) is 4.07. The molecule has 18 heavy (non-hydrogen) atoms. The van der Waals surface area contributed by atoms with E-state index in [9.17, 15) is 4.79 Å². The van der Waals surface area contributed by atoms with Crippen molar-refractivity contribution in [3.8, 4) is 11.3 Å². The van der Waals surface area contributed by atoms with Gasteiger partial charge in [-0.1, -0.05) is 29.8 Å². The number of ether oxygens (including phenoxy) is 1. The number of benzene rings is 1. The number of carbonyl (C=O) groups excluding carboxylic acids is 1. The molecule has 94 valence electrons. The molecule has 2 rings (SSSR count). The van der Waals surface area contributed by atoms with E-state index >= 15 is 0 Å². The molecule has 2 aromatic rings. The van der Waals surface area contributed by atoms with Crippen LogP contribution in [0.2, 0.25) is 0 Å². The highest BCUT2D eigenvalue weighted by Gasteiger charge is 2.18. The molecule has 0 spiro atoms. The van der Waals surface area contributed by atoms with Gasteiger partial charge in [-0.15, -0.1) is 0 Å². The second-order valence-corrected chi connectivity index (χ2v) is 4.46. The molecule has 1 heterocycles. The fraction of sp³-hybridized carbons (Fsp3) is 0.231. The lowest BCUT2D eigenvalue weighted by molar-refractivity contribution is 0.0595. The first-order valence-corrected chi connectivity index (χ1v) is 5.89. The number of hydrogen-bond acceptors (Lipinski definition) is 3. The van der Waals surface area contributed by atoms with Gasteiger partial charge < -0.3 is 14.3 Å². The zero-order chi connectivity index (χ0) is 13.3. The SMILES string of the molecule is COC(=O)c1[nH]c(=S)n(C)c1-c1ccc(C)cc1. The van der Waals surface area contributed by atoms with Gasteiger partial charge in [-0.05, 0) is 19.1 Å². The number of aromatic nitrogens is 2. The molecular formula is C13H14N2O2S. The molecule has 0 aliphatic heterocycles. The third-order valence-electron chi connectivity index (χ3n) is 2.82. The predicted molar refractivity (Wildman–Crippen MR) is 72.1 cm³/mol. The van der Waals surface area contributed by atoms with Gasteiger partial charge in [0.05, 0.1) is 12.8 Å². The quantitative estimate of drug-likeness (QED) is 0.668. The minimum Gasteiger partial charge on any atom is -0.464 e. The van der Waals surface area contributed by atoms with Crippen LogP contribution in [-0.4, -0.2) is 22.6 Å². The highest BCUT2D eigenvalue weighted by Crippen LogP contribution is 2.24. The van der Waals surface area contributed by atoms with Gasteiger partial charge in [0.2, 0.25) is 0 Å². The predicted octanol–water partition coefficient (Wildman–Crippen LogP) is 2.84. The summed E-state index contributed by atoms with van der Waals surface area (Å²) in [7, 11) is 3.17. The van der Waals surface area contributed by atoms with E-state index in [1.807, 2.05) is 38.2 Å². The molecule has 0 radical (unpaired) electrons. The van der Waals surface area contributed by atoms with Gasteiger partial charge in [0.15, 0.2) is 10.5 Å². The Morgan fingerprint density at radius 1 is 1.33 bits per heavy atom. The van der Waals surface area contributed by atoms with Gasteiger partial charge in [-0.3, -0.25) is 0 Å². The number of methoxy groups -OCH3 is 1. The lowest BCUT2D eigenvalue weighted by Crippen LogP contribution is -2.04. The summed E-state index contributed by atoms with van der Waals surface area (Å²) in [6, 6.07) is 7.90. The van der Waals surface area contributed by atoms with E-state index in [4.69, 9.17) is 17.0 Å². The van der Waals surface area contributed by atoms with Crippen LogP contribution in [0, 0.1) is 11.7 Å². The van der Waals surface area contributed by atoms with Crippen molar-refractivity contribution in [1.82, 2.24) is 9.55 Å². The maximum atomic E-state index is 11.7. The second kappa shape index (κ2) is 4.78. The Morgan fingerprint density at radius 3 is 2.50 bits per heavy atom. The van der Waals surface area contributed by atoms with Gasteiger partial charge in [-0.25, -0.2) is 4.79 Å². The molecule has 0 atom stereocenters. The van der Waals surface area contributed by atoms with E-state index in [1.165, 1.54) is 7.11 Å². The minimum atomic E-state index is -0.419. The zero-order valence-electron chi connectivity index (χ0n) is 10.5. The van der Waals surface area contributed by atoms with Crippen LogP contribution in [0.15, 0.2) is 24.3 Å². The molecule has 5 heteroatoms. The first kappa shape index (κ1) is 12.6. The van der Waals surface area contributed by atoms with Crippen LogP contribution in [0.3, 0.4) is 0 Å². The lowest BCUT2D eigenvalue weighted by Gasteiger charge is -2.06. The van der Waals surface area contributed by atoms with Crippen molar-refractivity contribution in [1.29, 1.82) is 0 Å². The molecule has 0 saturated carbocycles. The van der Waals surface area contributed by atoms with Crippen LogP contribution < -0.4 is 0 Å². The topological polar surface area (TPSA) is 47.0 Å². The van der Waals surface area contributed by atoms with Gasteiger partial charge in [0.25, 0.3) is 0 Å². The Kier molecular flexibility index (Phi) is 3.34. The van der Waals surface area contributed by atoms with E-state index < -0.39 is 5.97 Å². The normalized spacial score (nSPS) is 10.4. The average Bonchev–Trinajstić information content (AvgIpc) is 2.66. The number of esters is 1. The molecule has 0 amide bonds. The van der Waals surface area contributed by atoms with Gasteiger partial charge >= 0.3 is 5.97 Å². The lowest BCUT2D eigenvalue weighted by atomic mass is 10.1. The van der Waals surface area contributed by atoms with E-state index in [1.54, 1.807) is 4.57 Å². The summed E-state index contributed by atoms with van der Waals surface area (Å²) in [4.78, 5) is 14.6. The summed E-state index contributed by atoms with van der Waals surface area (Å²) in [5.74, 6) is -0.419. The molecule has 1 aromatic carbocycles. The van der Waals surface area contributed by atoms with Crippen molar-refractivity contribution in [2.75, 3.05) is 7.11 Å². The summed E-state index contributed by atoms with van der Waals surface area (Å²) in [6.07, 6.45) is 0. The number of rotatable bonds is 2. The first-order valence-electron chi connectivity index (χ1n) is 5.49. The van der Waals surface area contributed by atoms with Crippen LogP contribution in [0.1, 0.15) is 16.1 Å². The molecular weight excluding hydrogens is 248 g/mol. The molecule has 0 bridgehead atoms. The Balaban J connectivity index is 2.66. The van der Waals surface area contributed by atoms with Crippen molar-refractivity contribution in [2.45, 2.75) is 6.92 Å². The molecule has 1 N–H and O–H groups in total. The zero-order valence-corrected chi connectivity index (χ0v) is 11.3. The number of hydrogen-bond donors (Lipinski definition) is 1.